The number of nitrogens with one attached hydrogen (secondary N) is 1. The van der Waals surface area contributed by atoms with E-state index in [-0.39, 0.29) is 0 Å². The molecule has 20 heavy (non-hydrogen) atoms. The topological polar surface area (TPSA) is 63.8 Å². The van der Waals surface area contributed by atoms with Crippen molar-refractivity contribution in [1.29, 1.82) is 0 Å². The van der Waals surface area contributed by atoms with Crippen molar-refractivity contribution < 1.29 is 0 Å². The third kappa shape index (κ3) is 2.30. The van der Waals surface area contributed by atoms with Gasteiger partial charge in [0.15, 0.2) is 5.82 Å². The summed E-state index contributed by atoms with van der Waals surface area (Å²) >= 11 is 5.21. The number of pyridine rings is 1. The summed E-state index contributed by atoms with van der Waals surface area (Å²) < 4.78 is 4.01. The van der Waals surface area contributed by atoms with Gasteiger partial charge >= 0.3 is 0 Å². The molecule has 3 aromatic heterocycles. The Hall–Kier alpha value is -2.54. The van der Waals surface area contributed by atoms with E-state index in [9.17, 15) is 0 Å². The molecule has 3 heterocycles. The third-order valence-electron chi connectivity index (χ3n) is 2.88. The van der Waals surface area contributed by atoms with Crippen LogP contribution in [0.4, 0.5) is 0 Å². The van der Waals surface area contributed by atoms with Gasteiger partial charge < -0.3 is 4.57 Å². The Bertz CT molecular complexity index is 796. The van der Waals surface area contributed by atoms with E-state index >= 15 is 0 Å². The lowest BCUT2D eigenvalue weighted by Crippen LogP contribution is -1.98. The van der Waals surface area contributed by atoms with Crippen LogP contribution in [-0.2, 0) is 7.05 Å². The molecule has 0 aliphatic rings. The number of aryl methyl sites for hydroxylation is 1. The van der Waals surface area contributed by atoms with Crippen LogP contribution in [0, 0.1) is 4.77 Å². The van der Waals surface area contributed by atoms with Gasteiger partial charge in [-0.25, -0.2) is 5.10 Å². The minimum absolute atomic E-state index is 0.447. The molecule has 3 aromatic rings. The second-order valence-electron chi connectivity index (χ2n) is 4.19. The van der Waals surface area contributed by atoms with Crippen LogP contribution in [0.5, 0.6) is 0 Å². The first kappa shape index (κ1) is 12.5. The van der Waals surface area contributed by atoms with Crippen LogP contribution in [0.15, 0.2) is 48.0 Å². The Kier molecular flexibility index (Phi) is 3.26. The molecule has 0 saturated heterocycles. The molecule has 100 valence electrons. The van der Waals surface area contributed by atoms with Gasteiger partial charge in [-0.3, -0.25) is 4.98 Å². The van der Waals surface area contributed by atoms with E-state index in [2.05, 4.69) is 20.3 Å². The van der Waals surface area contributed by atoms with Crippen molar-refractivity contribution in [2.24, 2.45) is 12.1 Å². The number of rotatable bonds is 3. The summed E-state index contributed by atoms with van der Waals surface area (Å²) in [7, 11) is 1.96. The molecular weight excluding hydrogens is 272 g/mol. The van der Waals surface area contributed by atoms with E-state index in [0.29, 0.717) is 10.6 Å². The molecule has 6 nitrogen and oxygen atoms in total. The molecule has 0 aromatic carbocycles. The molecule has 1 N–H and O–H groups in total. The molecular formula is C13H12N6S. The van der Waals surface area contributed by atoms with Gasteiger partial charge in [0.2, 0.25) is 4.77 Å². The van der Waals surface area contributed by atoms with Crippen LogP contribution in [0.25, 0.3) is 11.4 Å². The largest absolute Gasteiger partial charge is 0.350 e. The fourth-order valence-electron chi connectivity index (χ4n) is 1.81. The van der Waals surface area contributed by atoms with Crippen LogP contribution in [0.3, 0.4) is 0 Å². The molecule has 0 aliphatic heterocycles. The maximum absolute atomic E-state index is 5.21. The van der Waals surface area contributed by atoms with E-state index in [0.717, 1.165) is 11.3 Å². The summed E-state index contributed by atoms with van der Waals surface area (Å²) in [5.41, 5.74) is 1.88. The molecule has 0 fully saturated rings. The first-order chi connectivity index (χ1) is 9.75. The molecule has 0 radical (unpaired) electrons. The van der Waals surface area contributed by atoms with Gasteiger partial charge in [0.25, 0.3) is 0 Å². The first-order valence-corrected chi connectivity index (χ1v) is 6.40. The Morgan fingerprint density at radius 3 is 2.80 bits per heavy atom. The predicted molar refractivity (Wildman–Crippen MR) is 79.0 cm³/mol. The minimum atomic E-state index is 0.447. The maximum atomic E-state index is 5.21. The molecule has 0 aliphatic carbocycles. The van der Waals surface area contributed by atoms with Gasteiger partial charge in [0.1, 0.15) is 0 Å². The van der Waals surface area contributed by atoms with E-state index < -0.39 is 0 Å². The Labute approximate surface area is 120 Å². The lowest BCUT2D eigenvalue weighted by Gasteiger charge is -2.00. The zero-order valence-corrected chi connectivity index (χ0v) is 11.6. The second kappa shape index (κ2) is 5.22. The van der Waals surface area contributed by atoms with Crippen molar-refractivity contribution in [3.8, 4) is 11.4 Å². The number of H-pyrrole nitrogens is 1. The zero-order chi connectivity index (χ0) is 13.9. The van der Waals surface area contributed by atoms with Gasteiger partial charge in [0, 0.05) is 31.2 Å². The predicted octanol–water partition coefficient (Wildman–Crippen LogP) is 2.22. The normalized spacial score (nSPS) is 11.2. The van der Waals surface area contributed by atoms with Gasteiger partial charge in [-0.15, -0.1) is 0 Å². The SMILES string of the molecule is Cn1cccc1/C=N/n1c(-c2ccncc2)n[nH]c1=S. The van der Waals surface area contributed by atoms with Gasteiger partial charge in [-0.2, -0.15) is 14.9 Å². The average Bonchev–Trinajstić information content (AvgIpc) is 3.04. The number of hydrogen-bond acceptors (Lipinski definition) is 4. The van der Waals surface area contributed by atoms with Crippen molar-refractivity contribution in [3.05, 3.63) is 53.3 Å². The summed E-state index contributed by atoms with van der Waals surface area (Å²) in [6.45, 7) is 0. The molecule has 0 amide bonds. The number of aromatic amines is 1. The monoisotopic (exact) mass is 284 g/mol. The fourth-order valence-corrected chi connectivity index (χ4v) is 1.99. The summed E-state index contributed by atoms with van der Waals surface area (Å²) in [4.78, 5) is 3.99. The maximum Gasteiger partial charge on any atom is 0.216 e. The van der Waals surface area contributed by atoms with Crippen molar-refractivity contribution in [2.45, 2.75) is 0 Å². The van der Waals surface area contributed by atoms with Crippen molar-refractivity contribution in [2.75, 3.05) is 0 Å². The van der Waals surface area contributed by atoms with E-state index in [4.69, 9.17) is 12.2 Å². The summed E-state index contributed by atoms with van der Waals surface area (Å²) in [6, 6.07) is 7.65. The first-order valence-electron chi connectivity index (χ1n) is 5.99. The highest BCUT2D eigenvalue weighted by atomic mass is 32.1. The van der Waals surface area contributed by atoms with Crippen LogP contribution in [0.2, 0.25) is 0 Å². The van der Waals surface area contributed by atoms with Crippen molar-refractivity contribution >= 4 is 18.4 Å². The summed E-state index contributed by atoms with van der Waals surface area (Å²) in [5.74, 6) is 0.655. The Morgan fingerprint density at radius 2 is 2.10 bits per heavy atom. The van der Waals surface area contributed by atoms with E-state index in [1.807, 2.05) is 42.1 Å². The van der Waals surface area contributed by atoms with Crippen LogP contribution < -0.4 is 0 Å². The lowest BCUT2D eigenvalue weighted by atomic mass is 10.2. The summed E-state index contributed by atoms with van der Waals surface area (Å²) in [6.07, 6.45) is 7.12. The smallest absolute Gasteiger partial charge is 0.216 e. The average molecular weight is 284 g/mol. The van der Waals surface area contributed by atoms with Gasteiger partial charge in [-0.1, -0.05) is 0 Å². The highest BCUT2D eigenvalue weighted by Crippen LogP contribution is 2.15. The van der Waals surface area contributed by atoms with E-state index in [1.54, 1.807) is 23.3 Å². The third-order valence-corrected chi connectivity index (χ3v) is 3.14. The molecule has 0 atom stereocenters. The van der Waals surface area contributed by atoms with Crippen LogP contribution in [0.1, 0.15) is 5.69 Å². The number of aromatic nitrogens is 5. The van der Waals surface area contributed by atoms with Crippen LogP contribution in [-0.4, -0.2) is 30.6 Å². The van der Waals surface area contributed by atoms with E-state index in [1.165, 1.54) is 0 Å². The number of nitrogens with zero attached hydrogens (tertiary/aromatic N) is 5. The second-order valence-corrected chi connectivity index (χ2v) is 4.58. The van der Waals surface area contributed by atoms with Crippen molar-refractivity contribution in [1.82, 2.24) is 24.4 Å². The molecule has 3 rings (SSSR count). The highest BCUT2D eigenvalue weighted by molar-refractivity contribution is 7.71. The zero-order valence-electron chi connectivity index (χ0n) is 10.8. The minimum Gasteiger partial charge on any atom is -0.350 e. The Morgan fingerprint density at radius 1 is 1.30 bits per heavy atom. The molecule has 0 bridgehead atoms. The summed E-state index contributed by atoms with van der Waals surface area (Å²) in [5, 5.41) is 11.4. The molecule has 0 unspecified atom stereocenters. The highest BCUT2D eigenvalue weighted by Gasteiger charge is 2.07. The number of hydrogen-bond donors (Lipinski definition) is 1. The lowest BCUT2D eigenvalue weighted by molar-refractivity contribution is 0.862. The molecule has 7 heteroatoms. The standard InChI is InChI=1S/C13H12N6S/c1-18-8-2-3-11(18)9-15-19-12(16-17-13(19)20)10-4-6-14-7-5-10/h2-9H,1H3,(H,17,20)/b15-9+. The van der Waals surface area contributed by atoms with Gasteiger partial charge in [0.05, 0.1) is 11.9 Å². The molecule has 0 saturated carbocycles. The quantitative estimate of drug-likeness (QED) is 0.592. The van der Waals surface area contributed by atoms with Crippen molar-refractivity contribution in [3.63, 3.8) is 0 Å². The van der Waals surface area contributed by atoms with Crippen LogP contribution >= 0.6 is 12.2 Å². The Balaban J connectivity index is 2.03. The fraction of sp³-hybridized carbons (Fsp3) is 0.0769. The molecule has 0 spiro atoms. The van der Waals surface area contributed by atoms with Gasteiger partial charge in [-0.05, 0) is 36.5 Å².